The Bertz CT molecular complexity index is 1080. The van der Waals surface area contributed by atoms with E-state index in [4.69, 9.17) is 11.2 Å². The second-order valence-corrected chi connectivity index (χ2v) is 9.02. The number of carbonyl (C=O) groups is 3. The van der Waals surface area contributed by atoms with E-state index in [1.165, 1.54) is 0 Å². The third-order valence-corrected chi connectivity index (χ3v) is 5.16. The summed E-state index contributed by atoms with van der Waals surface area (Å²) in [6.07, 6.45) is 5.61. The zero-order valence-corrected chi connectivity index (χ0v) is 20.8. The van der Waals surface area contributed by atoms with E-state index in [0.29, 0.717) is 11.3 Å². The predicted molar refractivity (Wildman–Crippen MR) is 134 cm³/mol. The molecule has 8 nitrogen and oxygen atoms in total. The lowest BCUT2D eigenvalue weighted by Crippen LogP contribution is -2.52. The first-order valence-electron chi connectivity index (χ1n) is 11.4. The molecule has 0 aliphatic heterocycles. The molecule has 2 unspecified atom stereocenters. The molecule has 186 valence electrons. The van der Waals surface area contributed by atoms with Crippen molar-refractivity contribution in [3.63, 3.8) is 0 Å². The molecule has 0 bridgehead atoms. The number of rotatable bonds is 8. The van der Waals surface area contributed by atoms with Gasteiger partial charge in [0.1, 0.15) is 17.7 Å². The second-order valence-electron chi connectivity index (χ2n) is 9.02. The number of terminal acetylenes is 1. The smallest absolute Gasteiger partial charge is 0.408 e. The number of hydrogen-bond donors (Lipinski definition) is 3. The fraction of sp³-hybridized carbons (Fsp3) is 0.370. The molecule has 8 heteroatoms. The van der Waals surface area contributed by atoms with Gasteiger partial charge in [-0.15, -0.1) is 0 Å². The largest absolute Gasteiger partial charge is 0.444 e. The number of aliphatic hydroxyl groups is 1. The highest BCUT2D eigenvalue weighted by Gasteiger charge is 2.36. The van der Waals surface area contributed by atoms with Crippen molar-refractivity contribution in [2.45, 2.75) is 58.7 Å². The number of alkyl carbamates (subject to hydrolysis) is 1. The summed E-state index contributed by atoms with van der Waals surface area (Å²) in [6.45, 7) is 8.11. The minimum Gasteiger partial charge on any atom is -0.444 e. The van der Waals surface area contributed by atoms with E-state index in [1.54, 1.807) is 45.0 Å². The molecule has 0 aliphatic carbocycles. The van der Waals surface area contributed by atoms with Crippen LogP contribution in [0.25, 0.3) is 0 Å². The normalized spacial score (nSPS) is 12.6. The number of aliphatic hydroxyl groups excluding tert-OH is 1. The highest BCUT2D eigenvalue weighted by Crippen LogP contribution is 2.25. The van der Waals surface area contributed by atoms with Gasteiger partial charge in [0.05, 0.1) is 6.61 Å². The van der Waals surface area contributed by atoms with Crippen molar-refractivity contribution in [2.75, 3.05) is 11.9 Å². The van der Waals surface area contributed by atoms with Crippen LogP contribution in [0.15, 0.2) is 48.5 Å². The standard InChI is InChI=1S/C27H33N3O5/c1-7-19-13-15-20(16-14-19)23(24(32)28-21-12-10-9-11-18(21)3)30(8-2)25(33)22(17-31)29-26(34)35-27(4,5)6/h2,9-16,22-23,31H,7,17H2,1,3-6H3,(H,28,32)(H,29,34). The summed E-state index contributed by atoms with van der Waals surface area (Å²) in [6, 6.07) is 14.0. The van der Waals surface area contributed by atoms with Crippen molar-refractivity contribution in [1.29, 1.82) is 0 Å². The number of nitrogens with one attached hydrogen (secondary N) is 2. The van der Waals surface area contributed by atoms with Crippen molar-refractivity contribution >= 4 is 23.6 Å². The molecule has 0 heterocycles. The Morgan fingerprint density at radius 2 is 1.74 bits per heavy atom. The predicted octanol–water partition coefficient (Wildman–Crippen LogP) is 3.54. The molecule has 3 N–H and O–H groups in total. The van der Waals surface area contributed by atoms with Crippen LogP contribution in [0.3, 0.4) is 0 Å². The quantitative estimate of drug-likeness (QED) is 0.397. The van der Waals surface area contributed by atoms with Crippen LogP contribution in [0, 0.1) is 19.4 Å². The van der Waals surface area contributed by atoms with Crippen LogP contribution in [0.2, 0.25) is 0 Å². The van der Waals surface area contributed by atoms with E-state index in [0.717, 1.165) is 22.4 Å². The molecule has 0 spiro atoms. The number of aryl methyl sites for hydroxylation is 2. The van der Waals surface area contributed by atoms with Gasteiger partial charge in [-0.25, -0.2) is 4.79 Å². The molecule has 0 aromatic heterocycles. The molecule has 35 heavy (non-hydrogen) atoms. The Labute approximate surface area is 206 Å². The van der Waals surface area contributed by atoms with Crippen LogP contribution < -0.4 is 10.6 Å². The number of amides is 3. The lowest BCUT2D eigenvalue weighted by molar-refractivity contribution is -0.137. The average Bonchev–Trinajstić information content (AvgIpc) is 2.81. The minimum absolute atomic E-state index is 0.480. The maximum absolute atomic E-state index is 13.5. The van der Waals surface area contributed by atoms with Crippen molar-refractivity contribution in [3.05, 3.63) is 65.2 Å². The van der Waals surface area contributed by atoms with Gasteiger partial charge in [0.25, 0.3) is 11.8 Å². The summed E-state index contributed by atoms with van der Waals surface area (Å²) in [5.41, 5.74) is 2.12. The van der Waals surface area contributed by atoms with Gasteiger partial charge in [-0.3, -0.25) is 14.5 Å². The van der Waals surface area contributed by atoms with Crippen LogP contribution in [0.4, 0.5) is 10.5 Å². The molecule has 2 atom stereocenters. The minimum atomic E-state index is -1.41. The molecule has 3 amide bonds. The molecule has 0 saturated carbocycles. The third kappa shape index (κ3) is 7.59. The number of carbonyl (C=O) groups excluding carboxylic acids is 3. The Hall–Kier alpha value is -3.83. The van der Waals surface area contributed by atoms with Gasteiger partial charge < -0.3 is 20.5 Å². The van der Waals surface area contributed by atoms with E-state index < -0.39 is 42.2 Å². The summed E-state index contributed by atoms with van der Waals surface area (Å²) in [5, 5.41) is 15.0. The molecule has 0 saturated heterocycles. The highest BCUT2D eigenvalue weighted by atomic mass is 16.6. The lowest BCUT2D eigenvalue weighted by atomic mass is 10.0. The molecule has 0 aliphatic rings. The molecule has 0 radical (unpaired) electrons. The summed E-state index contributed by atoms with van der Waals surface area (Å²) >= 11 is 0. The zero-order valence-electron chi connectivity index (χ0n) is 20.8. The molecular formula is C27H33N3O5. The Morgan fingerprint density at radius 1 is 1.11 bits per heavy atom. The highest BCUT2D eigenvalue weighted by molar-refractivity contribution is 6.00. The van der Waals surface area contributed by atoms with Crippen LogP contribution in [0.1, 0.15) is 50.4 Å². The molecule has 0 fully saturated rings. The number of para-hydroxylation sites is 1. The van der Waals surface area contributed by atoms with Crippen LogP contribution in [-0.2, 0) is 20.7 Å². The first-order valence-corrected chi connectivity index (χ1v) is 11.4. The maximum atomic E-state index is 13.5. The monoisotopic (exact) mass is 479 g/mol. The summed E-state index contributed by atoms with van der Waals surface area (Å²) in [5.74, 6) is -1.37. The first-order chi connectivity index (χ1) is 16.5. The van der Waals surface area contributed by atoms with Gasteiger partial charge >= 0.3 is 6.09 Å². The van der Waals surface area contributed by atoms with E-state index in [9.17, 15) is 19.5 Å². The zero-order chi connectivity index (χ0) is 26.2. The van der Waals surface area contributed by atoms with Crippen LogP contribution in [0.5, 0.6) is 0 Å². The van der Waals surface area contributed by atoms with Gasteiger partial charge in [-0.1, -0.05) is 55.8 Å². The topological polar surface area (TPSA) is 108 Å². The lowest BCUT2D eigenvalue weighted by Gasteiger charge is -2.30. The molecule has 2 aromatic carbocycles. The van der Waals surface area contributed by atoms with E-state index in [2.05, 4.69) is 16.7 Å². The summed E-state index contributed by atoms with van der Waals surface area (Å²) in [4.78, 5) is 39.9. The molecule has 2 rings (SSSR count). The van der Waals surface area contributed by atoms with E-state index in [1.807, 2.05) is 38.1 Å². The SMILES string of the molecule is C#CN(C(=O)C(CO)NC(=O)OC(C)(C)C)C(C(=O)Nc1ccccc1C)c1ccc(CC)cc1. The van der Waals surface area contributed by atoms with Gasteiger partial charge in [-0.05, 0) is 56.9 Å². The number of nitrogens with zero attached hydrogens (tertiary/aromatic N) is 1. The second kappa shape index (κ2) is 12.0. The summed E-state index contributed by atoms with van der Waals surface area (Å²) < 4.78 is 5.18. The fourth-order valence-corrected chi connectivity index (χ4v) is 3.34. The Balaban J connectivity index is 2.41. The number of benzene rings is 2. The van der Waals surface area contributed by atoms with Gasteiger partial charge in [-0.2, -0.15) is 0 Å². The number of ether oxygens (including phenoxy) is 1. The first kappa shape index (κ1) is 27.4. The van der Waals surface area contributed by atoms with Crippen molar-refractivity contribution in [2.24, 2.45) is 0 Å². The van der Waals surface area contributed by atoms with Crippen molar-refractivity contribution in [1.82, 2.24) is 10.2 Å². The van der Waals surface area contributed by atoms with Crippen LogP contribution in [-0.4, -0.2) is 46.2 Å². The third-order valence-electron chi connectivity index (χ3n) is 5.16. The van der Waals surface area contributed by atoms with Gasteiger partial charge in [0, 0.05) is 11.7 Å². The summed E-state index contributed by atoms with van der Waals surface area (Å²) in [7, 11) is 0. The van der Waals surface area contributed by atoms with Gasteiger partial charge in [0.2, 0.25) is 0 Å². The number of hydrogen-bond acceptors (Lipinski definition) is 5. The average molecular weight is 480 g/mol. The Kier molecular flexibility index (Phi) is 9.43. The van der Waals surface area contributed by atoms with Crippen molar-refractivity contribution in [3.8, 4) is 12.5 Å². The van der Waals surface area contributed by atoms with E-state index in [-0.39, 0.29) is 0 Å². The molecule has 2 aromatic rings. The Morgan fingerprint density at radius 3 is 2.26 bits per heavy atom. The van der Waals surface area contributed by atoms with E-state index >= 15 is 0 Å². The van der Waals surface area contributed by atoms with Crippen molar-refractivity contribution < 1.29 is 24.2 Å². The van der Waals surface area contributed by atoms with Gasteiger partial charge in [0.15, 0.2) is 0 Å². The maximum Gasteiger partial charge on any atom is 0.408 e. The molecular weight excluding hydrogens is 446 g/mol. The number of anilines is 1. The van der Waals surface area contributed by atoms with Crippen LogP contribution >= 0.6 is 0 Å². The fourth-order valence-electron chi connectivity index (χ4n) is 3.34.